The summed E-state index contributed by atoms with van der Waals surface area (Å²) in [6.07, 6.45) is 0. The minimum absolute atomic E-state index is 0.0481. The zero-order chi connectivity index (χ0) is 10.7. The average Bonchev–Trinajstić information content (AvgIpc) is 2.08. The highest BCUT2D eigenvalue weighted by molar-refractivity contribution is 8.00. The Labute approximate surface area is 88.4 Å². The topological polar surface area (TPSA) is 91.5 Å². The van der Waals surface area contributed by atoms with Crippen molar-refractivity contribution in [1.82, 2.24) is 4.90 Å². The van der Waals surface area contributed by atoms with Crippen molar-refractivity contribution >= 4 is 23.7 Å². The van der Waals surface area contributed by atoms with E-state index < -0.39 is 0 Å². The average molecular weight is 215 g/mol. The van der Waals surface area contributed by atoms with Gasteiger partial charge >= 0.3 is 0 Å². The van der Waals surface area contributed by atoms with Crippen molar-refractivity contribution < 1.29 is 0 Å². The standard InChI is InChI=1S/C8H17N5S/c1-5-6(2)14-4-3-13(5)8(11)12-7(9)10/h5-6H,3-4H2,1-2H3,(H5,9,10,11,12). The van der Waals surface area contributed by atoms with Crippen molar-refractivity contribution in [2.75, 3.05) is 12.3 Å². The molecular weight excluding hydrogens is 198 g/mol. The van der Waals surface area contributed by atoms with Crippen LogP contribution in [0.15, 0.2) is 4.99 Å². The Bertz CT molecular complexity index is 248. The van der Waals surface area contributed by atoms with Gasteiger partial charge in [0.25, 0.3) is 0 Å². The highest BCUT2D eigenvalue weighted by Crippen LogP contribution is 2.24. The van der Waals surface area contributed by atoms with Gasteiger partial charge in [0.15, 0.2) is 5.96 Å². The van der Waals surface area contributed by atoms with Crippen LogP contribution in [0.2, 0.25) is 0 Å². The number of nitrogens with one attached hydrogen (secondary N) is 1. The van der Waals surface area contributed by atoms with Crippen LogP contribution >= 0.6 is 11.8 Å². The van der Waals surface area contributed by atoms with Gasteiger partial charge in [0.05, 0.1) is 0 Å². The van der Waals surface area contributed by atoms with Crippen LogP contribution in [-0.2, 0) is 0 Å². The highest BCUT2D eigenvalue weighted by Gasteiger charge is 2.26. The van der Waals surface area contributed by atoms with E-state index in [-0.39, 0.29) is 11.9 Å². The fraction of sp³-hybridized carbons (Fsp3) is 0.750. The molecule has 14 heavy (non-hydrogen) atoms. The zero-order valence-corrected chi connectivity index (χ0v) is 9.34. The van der Waals surface area contributed by atoms with Crippen LogP contribution in [0, 0.1) is 5.41 Å². The van der Waals surface area contributed by atoms with Crippen LogP contribution in [0.5, 0.6) is 0 Å². The summed E-state index contributed by atoms with van der Waals surface area (Å²) < 4.78 is 0. The smallest absolute Gasteiger partial charge is 0.221 e. The largest absolute Gasteiger partial charge is 0.370 e. The van der Waals surface area contributed by atoms with E-state index in [9.17, 15) is 0 Å². The number of aliphatic imine (C=N–C) groups is 1. The molecule has 0 aromatic carbocycles. The number of hydrogen-bond donors (Lipinski definition) is 3. The molecule has 6 heteroatoms. The second-order valence-corrected chi connectivity index (χ2v) is 4.86. The van der Waals surface area contributed by atoms with Crippen molar-refractivity contribution in [1.29, 1.82) is 5.41 Å². The van der Waals surface area contributed by atoms with Gasteiger partial charge in [-0.1, -0.05) is 6.92 Å². The van der Waals surface area contributed by atoms with Gasteiger partial charge < -0.3 is 16.4 Å². The van der Waals surface area contributed by atoms with Crippen LogP contribution in [0.25, 0.3) is 0 Å². The molecule has 0 radical (unpaired) electrons. The third-order valence-corrected chi connectivity index (χ3v) is 3.73. The lowest BCUT2D eigenvalue weighted by Gasteiger charge is -2.37. The molecule has 1 heterocycles. The maximum atomic E-state index is 7.70. The lowest BCUT2D eigenvalue weighted by molar-refractivity contribution is 0.329. The number of nitrogens with zero attached hydrogens (tertiary/aromatic N) is 2. The molecule has 1 fully saturated rings. The van der Waals surface area contributed by atoms with Crippen molar-refractivity contribution in [3.8, 4) is 0 Å². The first-order chi connectivity index (χ1) is 6.52. The quantitative estimate of drug-likeness (QED) is 0.392. The van der Waals surface area contributed by atoms with E-state index in [2.05, 4.69) is 18.8 Å². The van der Waals surface area contributed by atoms with E-state index in [0.29, 0.717) is 11.3 Å². The van der Waals surface area contributed by atoms with E-state index in [1.54, 1.807) is 0 Å². The van der Waals surface area contributed by atoms with Crippen molar-refractivity contribution in [3.63, 3.8) is 0 Å². The third kappa shape index (κ3) is 2.54. The summed E-state index contributed by atoms with van der Waals surface area (Å²) in [5.41, 5.74) is 10.5. The van der Waals surface area contributed by atoms with Gasteiger partial charge in [-0.3, -0.25) is 5.41 Å². The van der Waals surface area contributed by atoms with Gasteiger partial charge in [0.2, 0.25) is 5.96 Å². The Kier molecular flexibility index (Phi) is 3.62. The van der Waals surface area contributed by atoms with E-state index >= 15 is 0 Å². The molecular formula is C8H17N5S. The fourth-order valence-corrected chi connectivity index (χ4v) is 2.52. The first kappa shape index (κ1) is 11.2. The van der Waals surface area contributed by atoms with Gasteiger partial charge in [-0.05, 0) is 6.92 Å². The Balaban J connectivity index is 2.67. The van der Waals surface area contributed by atoms with Gasteiger partial charge in [0.1, 0.15) is 0 Å². The second-order valence-electron chi connectivity index (χ2n) is 3.37. The van der Waals surface area contributed by atoms with Gasteiger partial charge in [-0.25, -0.2) is 0 Å². The number of nitrogens with two attached hydrogens (primary N) is 2. The van der Waals surface area contributed by atoms with Crippen LogP contribution in [0.4, 0.5) is 0 Å². The molecule has 1 aliphatic rings. The molecule has 1 aliphatic heterocycles. The molecule has 0 spiro atoms. The maximum absolute atomic E-state index is 7.70. The van der Waals surface area contributed by atoms with Gasteiger partial charge in [-0.2, -0.15) is 16.8 Å². The zero-order valence-electron chi connectivity index (χ0n) is 8.53. The first-order valence-corrected chi connectivity index (χ1v) is 5.63. The number of hydrogen-bond acceptors (Lipinski definition) is 2. The normalized spacial score (nSPS) is 27.1. The monoisotopic (exact) mass is 215 g/mol. The number of thioether (sulfide) groups is 1. The van der Waals surface area contributed by atoms with Crippen molar-refractivity contribution in [2.45, 2.75) is 25.1 Å². The molecule has 2 unspecified atom stereocenters. The molecule has 80 valence electrons. The summed E-state index contributed by atoms with van der Waals surface area (Å²) in [6.45, 7) is 5.09. The third-order valence-electron chi connectivity index (χ3n) is 2.39. The van der Waals surface area contributed by atoms with E-state index in [4.69, 9.17) is 16.9 Å². The summed E-state index contributed by atoms with van der Waals surface area (Å²) in [5, 5.41) is 8.22. The van der Waals surface area contributed by atoms with E-state index in [0.717, 1.165) is 12.3 Å². The Morgan fingerprint density at radius 2 is 2.14 bits per heavy atom. The Morgan fingerprint density at radius 1 is 1.50 bits per heavy atom. The van der Waals surface area contributed by atoms with Crippen molar-refractivity contribution in [3.05, 3.63) is 0 Å². The van der Waals surface area contributed by atoms with E-state index in [1.807, 2.05) is 16.7 Å². The van der Waals surface area contributed by atoms with Crippen LogP contribution in [0.3, 0.4) is 0 Å². The molecule has 0 amide bonds. The SMILES string of the molecule is CC1SCCN(C(=N)N=C(N)N)C1C. The molecule has 1 saturated heterocycles. The predicted molar refractivity (Wildman–Crippen MR) is 61.6 cm³/mol. The van der Waals surface area contributed by atoms with Crippen LogP contribution in [0.1, 0.15) is 13.8 Å². The summed E-state index contributed by atoms with van der Waals surface area (Å²) in [5.74, 6) is 1.14. The first-order valence-electron chi connectivity index (χ1n) is 4.59. The Hall–Kier alpha value is -0.910. The molecule has 0 bridgehead atoms. The summed E-state index contributed by atoms with van der Waals surface area (Å²) in [7, 11) is 0. The molecule has 2 atom stereocenters. The minimum atomic E-state index is -0.0481. The summed E-state index contributed by atoms with van der Waals surface area (Å²) >= 11 is 1.92. The van der Waals surface area contributed by atoms with Crippen molar-refractivity contribution in [2.24, 2.45) is 16.5 Å². The van der Waals surface area contributed by atoms with E-state index in [1.165, 1.54) is 0 Å². The minimum Gasteiger partial charge on any atom is -0.370 e. The summed E-state index contributed by atoms with van der Waals surface area (Å²) in [4.78, 5) is 5.69. The van der Waals surface area contributed by atoms with Gasteiger partial charge in [-0.15, -0.1) is 0 Å². The lowest BCUT2D eigenvalue weighted by Crippen LogP contribution is -2.47. The predicted octanol–water partition coefficient (Wildman–Crippen LogP) is 0.0204. The molecule has 1 rings (SSSR count). The second kappa shape index (κ2) is 4.54. The number of guanidine groups is 2. The lowest BCUT2D eigenvalue weighted by atomic mass is 10.2. The molecule has 0 saturated carbocycles. The molecule has 0 aliphatic carbocycles. The van der Waals surface area contributed by atoms with Crippen LogP contribution in [-0.4, -0.2) is 40.4 Å². The number of rotatable bonds is 0. The summed E-state index contributed by atoms with van der Waals surface area (Å²) in [6, 6.07) is 0.310. The fourth-order valence-electron chi connectivity index (χ4n) is 1.42. The molecule has 0 aromatic heterocycles. The van der Waals surface area contributed by atoms with Crippen LogP contribution < -0.4 is 11.5 Å². The maximum Gasteiger partial charge on any atom is 0.221 e. The Morgan fingerprint density at radius 3 is 2.71 bits per heavy atom. The molecule has 5 nitrogen and oxygen atoms in total. The highest BCUT2D eigenvalue weighted by atomic mass is 32.2. The molecule has 0 aromatic rings. The van der Waals surface area contributed by atoms with Gasteiger partial charge in [0, 0.05) is 23.6 Å². The molecule has 5 N–H and O–H groups in total.